The number of benzene rings is 1. The Labute approximate surface area is 164 Å². The lowest BCUT2D eigenvalue weighted by Crippen LogP contribution is -2.49. The standard InChI is InChI=1S/C21H27FN2O4/c1-16-3-8-19(28-16)13-23-9-12-27-20(14-23)15-24(10-11-26-2)21(25)17-4-6-18(22)7-5-17/h3-8,20H,9-15H2,1-2H3. The predicted octanol–water partition coefficient (Wildman–Crippen LogP) is 2.72. The van der Waals surface area contributed by atoms with Gasteiger partial charge in [-0.2, -0.15) is 0 Å². The van der Waals surface area contributed by atoms with Crippen molar-refractivity contribution >= 4 is 5.91 Å². The van der Waals surface area contributed by atoms with Gasteiger partial charge in [-0.05, 0) is 43.3 Å². The first-order valence-electron chi connectivity index (χ1n) is 9.48. The van der Waals surface area contributed by atoms with Crippen molar-refractivity contribution in [1.29, 1.82) is 0 Å². The molecule has 2 aromatic rings. The lowest BCUT2D eigenvalue weighted by atomic mass is 10.1. The molecule has 0 radical (unpaired) electrons. The maximum absolute atomic E-state index is 13.2. The number of rotatable bonds is 8. The minimum atomic E-state index is -0.362. The van der Waals surface area contributed by atoms with Gasteiger partial charge in [-0.15, -0.1) is 0 Å². The van der Waals surface area contributed by atoms with Crippen LogP contribution in [0.5, 0.6) is 0 Å². The highest BCUT2D eigenvalue weighted by Gasteiger charge is 2.26. The molecule has 1 aliphatic heterocycles. The summed E-state index contributed by atoms with van der Waals surface area (Å²) >= 11 is 0. The Kier molecular flexibility index (Phi) is 7.19. The molecule has 1 aliphatic rings. The van der Waals surface area contributed by atoms with Gasteiger partial charge in [-0.25, -0.2) is 4.39 Å². The molecule has 0 saturated carbocycles. The van der Waals surface area contributed by atoms with E-state index >= 15 is 0 Å². The molecule has 0 N–H and O–H groups in total. The van der Waals surface area contributed by atoms with Crippen LogP contribution in [0.3, 0.4) is 0 Å². The Morgan fingerprint density at radius 1 is 1.29 bits per heavy atom. The normalized spacial score (nSPS) is 17.6. The van der Waals surface area contributed by atoms with E-state index in [2.05, 4.69) is 4.90 Å². The quantitative estimate of drug-likeness (QED) is 0.694. The van der Waals surface area contributed by atoms with Gasteiger partial charge in [0.05, 0.1) is 25.9 Å². The van der Waals surface area contributed by atoms with Crippen LogP contribution in [0.25, 0.3) is 0 Å². The van der Waals surface area contributed by atoms with Crippen molar-refractivity contribution in [3.8, 4) is 0 Å². The highest BCUT2D eigenvalue weighted by Crippen LogP contribution is 2.15. The lowest BCUT2D eigenvalue weighted by molar-refractivity contribution is -0.0459. The Bertz CT molecular complexity index is 762. The number of methoxy groups -OCH3 is 1. The first kappa shape index (κ1) is 20.5. The van der Waals surface area contributed by atoms with Gasteiger partial charge >= 0.3 is 0 Å². The molecule has 1 aromatic carbocycles. The molecule has 2 heterocycles. The molecule has 0 bridgehead atoms. The molecule has 1 fully saturated rings. The molecule has 1 aromatic heterocycles. The van der Waals surface area contributed by atoms with Crippen LogP contribution in [0.4, 0.5) is 4.39 Å². The Balaban J connectivity index is 1.62. The van der Waals surface area contributed by atoms with E-state index in [1.807, 2.05) is 19.1 Å². The third-order valence-corrected chi connectivity index (χ3v) is 4.77. The number of hydrogen-bond acceptors (Lipinski definition) is 5. The third kappa shape index (κ3) is 5.64. The summed E-state index contributed by atoms with van der Waals surface area (Å²) in [6.45, 7) is 6.11. The second kappa shape index (κ2) is 9.82. The van der Waals surface area contributed by atoms with E-state index in [9.17, 15) is 9.18 Å². The molecule has 0 spiro atoms. The summed E-state index contributed by atoms with van der Waals surface area (Å²) in [4.78, 5) is 16.9. The minimum absolute atomic E-state index is 0.105. The molecule has 0 aliphatic carbocycles. The van der Waals surface area contributed by atoms with E-state index in [1.165, 1.54) is 24.3 Å². The molecule has 28 heavy (non-hydrogen) atoms. The summed E-state index contributed by atoms with van der Waals surface area (Å²) in [5.74, 6) is 1.31. The average Bonchev–Trinajstić information content (AvgIpc) is 3.10. The van der Waals surface area contributed by atoms with Crippen LogP contribution in [-0.2, 0) is 16.0 Å². The Hall–Kier alpha value is -2.22. The van der Waals surface area contributed by atoms with Crippen molar-refractivity contribution in [3.05, 3.63) is 59.3 Å². The van der Waals surface area contributed by atoms with Crippen molar-refractivity contribution < 1.29 is 23.1 Å². The molecule has 7 heteroatoms. The third-order valence-electron chi connectivity index (χ3n) is 4.77. The van der Waals surface area contributed by atoms with Crippen molar-refractivity contribution in [3.63, 3.8) is 0 Å². The van der Waals surface area contributed by atoms with Crippen molar-refractivity contribution in [2.45, 2.75) is 19.6 Å². The van der Waals surface area contributed by atoms with Gasteiger partial charge in [0.1, 0.15) is 17.3 Å². The molecular weight excluding hydrogens is 363 g/mol. The van der Waals surface area contributed by atoms with Crippen LogP contribution in [-0.4, -0.2) is 68.3 Å². The van der Waals surface area contributed by atoms with Crippen LogP contribution in [0.2, 0.25) is 0 Å². The monoisotopic (exact) mass is 390 g/mol. The lowest BCUT2D eigenvalue weighted by Gasteiger charge is -2.35. The summed E-state index contributed by atoms with van der Waals surface area (Å²) in [6.07, 6.45) is -0.105. The molecule has 1 amide bonds. The van der Waals surface area contributed by atoms with Gasteiger partial charge in [-0.1, -0.05) is 0 Å². The van der Waals surface area contributed by atoms with Gasteiger partial charge in [0, 0.05) is 38.9 Å². The van der Waals surface area contributed by atoms with E-state index in [-0.39, 0.29) is 17.8 Å². The van der Waals surface area contributed by atoms with E-state index in [4.69, 9.17) is 13.9 Å². The number of morpholine rings is 1. The molecule has 3 rings (SSSR count). The number of halogens is 1. The number of ether oxygens (including phenoxy) is 2. The van der Waals surface area contributed by atoms with Crippen LogP contribution < -0.4 is 0 Å². The van der Waals surface area contributed by atoms with Crippen molar-refractivity contribution in [2.24, 2.45) is 0 Å². The zero-order chi connectivity index (χ0) is 19.9. The maximum atomic E-state index is 13.2. The summed E-state index contributed by atoms with van der Waals surface area (Å²) < 4.78 is 29.9. The predicted molar refractivity (Wildman–Crippen MR) is 103 cm³/mol. The first-order chi connectivity index (χ1) is 13.5. The summed E-state index contributed by atoms with van der Waals surface area (Å²) in [5, 5.41) is 0. The van der Waals surface area contributed by atoms with Crippen molar-refractivity contribution in [1.82, 2.24) is 9.80 Å². The van der Waals surface area contributed by atoms with E-state index in [0.29, 0.717) is 38.4 Å². The summed E-state index contributed by atoms with van der Waals surface area (Å²) in [7, 11) is 1.60. The van der Waals surface area contributed by atoms with E-state index in [0.717, 1.165) is 24.6 Å². The number of carbonyl (C=O) groups is 1. The fourth-order valence-corrected chi connectivity index (χ4v) is 3.32. The smallest absolute Gasteiger partial charge is 0.254 e. The Morgan fingerprint density at radius 3 is 2.75 bits per heavy atom. The van der Waals surface area contributed by atoms with Gasteiger partial charge < -0.3 is 18.8 Å². The summed E-state index contributed by atoms with van der Waals surface area (Å²) in [6, 6.07) is 9.55. The molecule has 1 saturated heterocycles. The molecule has 1 unspecified atom stereocenters. The van der Waals surface area contributed by atoms with Crippen molar-refractivity contribution in [2.75, 3.05) is 46.5 Å². The van der Waals surface area contributed by atoms with Gasteiger partial charge in [0.2, 0.25) is 0 Å². The fraction of sp³-hybridized carbons (Fsp3) is 0.476. The number of amides is 1. The highest BCUT2D eigenvalue weighted by atomic mass is 19.1. The molecule has 6 nitrogen and oxygen atoms in total. The minimum Gasteiger partial charge on any atom is -0.465 e. The van der Waals surface area contributed by atoms with Crippen LogP contribution in [0, 0.1) is 12.7 Å². The number of carbonyl (C=O) groups excluding carboxylic acids is 1. The van der Waals surface area contributed by atoms with Crippen LogP contribution >= 0.6 is 0 Å². The second-order valence-corrected chi connectivity index (χ2v) is 6.99. The summed E-state index contributed by atoms with van der Waals surface area (Å²) in [5.41, 5.74) is 0.455. The molecule has 152 valence electrons. The zero-order valence-electron chi connectivity index (χ0n) is 16.4. The maximum Gasteiger partial charge on any atom is 0.254 e. The molecular formula is C21H27FN2O4. The van der Waals surface area contributed by atoms with Gasteiger partial charge in [-0.3, -0.25) is 9.69 Å². The Morgan fingerprint density at radius 2 is 2.07 bits per heavy atom. The largest absolute Gasteiger partial charge is 0.465 e. The zero-order valence-corrected chi connectivity index (χ0v) is 16.4. The topological polar surface area (TPSA) is 55.1 Å². The number of hydrogen-bond donors (Lipinski definition) is 0. The van der Waals surface area contributed by atoms with E-state index in [1.54, 1.807) is 12.0 Å². The average molecular weight is 390 g/mol. The number of furan rings is 1. The number of aryl methyl sites for hydroxylation is 1. The van der Waals surface area contributed by atoms with Gasteiger partial charge in [0.25, 0.3) is 5.91 Å². The van der Waals surface area contributed by atoms with E-state index < -0.39 is 0 Å². The fourth-order valence-electron chi connectivity index (χ4n) is 3.32. The number of nitrogens with zero attached hydrogens (tertiary/aromatic N) is 2. The molecule has 1 atom stereocenters. The highest BCUT2D eigenvalue weighted by molar-refractivity contribution is 5.94. The van der Waals surface area contributed by atoms with Gasteiger partial charge in [0.15, 0.2) is 0 Å². The van der Waals surface area contributed by atoms with Crippen LogP contribution in [0.15, 0.2) is 40.8 Å². The van der Waals surface area contributed by atoms with Crippen LogP contribution in [0.1, 0.15) is 21.9 Å². The SMILES string of the molecule is COCCN(CC1CN(Cc2ccc(C)o2)CCO1)C(=O)c1ccc(F)cc1. The first-order valence-corrected chi connectivity index (χ1v) is 9.48. The second-order valence-electron chi connectivity index (χ2n) is 6.99.